The van der Waals surface area contributed by atoms with Crippen LogP contribution >= 0.6 is 0 Å². The van der Waals surface area contributed by atoms with Crippen molar-refractivity contribution in [3.63, 3.8) is 0 Å². The summed E-state index contributed by atoms with van der Waals surface area (Å²) < 4.78 is 70.1. The van der Waals surface area contributed by atoms with Crippen LogP contribution in [0.4, 0.5) is 22.0 Å². The van der Waals surface area contributed by atoms with Crippen molar-refractivity contribution in [3.8, 4) is 11.8 Å². The molecule has 0 unspecified atom stereocenters. The second-order valence-corrected chi connectivity index (χ2v) is 9.53. The van der Waals surface area contributed by atoms with Crippen LogP contribution in [0.5, 0.6) is 0 Å². The Balaban J connectivity index is 1.40. The Kier molecular flexibility index (Phi) is 8.11. The van der Waals surface area contributed by atoms with Crippen molar-refractivity contribution < 1.29 is 22.0 Å². The van der Waals surface area contributed by atoms with Crippen molar-refractivity contribution >= 4 is 10.8 Å². The summed E-state index contributed by atoms with van der Waals surface area (Å²) in [4.78, 5) is 0. The highest BCUT2D eigenvalue weighted by Gasteiger charge is 2.23. The lowest BCUT2D eigenvalue weighted by Gasteiger charge is -2.26. The van der Waals surface area contributed by atoms with Crippen molar-refractivity contribution in [2.24, 2.45) is 5.92 Å². The van der Waals surface area contributed by atoms with Gasteiger partial charge >= 0.3 is 0 Å². The molecule has 184 valence electrons. The van der Waals surface area contributed by atoms with Gasteiger partial charge in [-0.3, -0.25) is 0 Å². The maximum atomic E-state index is 14.5. The summed E-state index contributed by atoms with van der Waals surface area (Å²) >= 11 is 0. The Labute approximate surface area is 203 Å². The Bertz CT molecular complexity index is 1240. The topological polar surface area (TPSA) is 0 Å². The zero-order chi connectivity index (χ0) is 24.9. The van der Waals surface area contributed by atoms with E-state index in [1.165, 1.54) is 18.2 Å². The van der Waals surface area contributed by atoms with Crippen LogP contribution in [0.2, 0.25) is 0 Å². The van der Waals surface area contributed by atoms with E-state index in [1.54, 1.807) is 12.1 Å². The highest BCUT2D eigenvalue weighted by atomic mass is 19.2. The van der Waals surface area contributed by atoms with Gasteiger partial charge in [0, 0.05) is 11.3 Å². The minimum Gasteiger partial charge on any atom is -0.206 e. The first-order chi connectivity index (χ1) is 16.9. The predicted octanol–water partition coefficient (Wildman–Crippen LogP) is 8.98. The molecule has 0 heterocycles. The van der Waals surface area contributed by atoms with E-state index in [0.717, 1.165) is 63.0 Å². The molecule has 0 N–H and O–H groups in total. The third kappa shape index (κ3) is 5.86. The molecule has 0 bridgehead atoms. The molecule has 0 saturated heterocycles. The maximum absolute atomic E-state index is 14.5. The number of hydrogen-bond acceptors (Lipinski definition) is 0. The molecular weight excluding hydrogens is 455 g/mol. The molecule has 3 aromatic carbocycles. The number of benzene rings is 3. The average molecular weight is 485 g/mol. The van der Waals surface area contributed by atoms with Gasteiger partial charge in [0.2, 0.25) is 0 Å². The highest BCUT2D eigenvalue weighted by Crippen LogP contribution is 2.37. The molecule has 0 atom stereocenters. The van der Waals surface area contributed by atoms with E-state index in [2.05, 4.69) is 18.8 Å². The monoisotopic (exact) mass is 484 g/mol. The van der Waals surface area contributed by atoms with Crippen LogP contribution in [-0.2, 0) is 6.42 Å². The van der Waals surface area contributed by atoms with Crippen LogP contribution in [0.15, 0.2) is 36.4 Å². The van der Waals surface area contributed by atoms with Crippen LogP contribution in [0.1, 0.15) is 80.9 Å². The summed E-state index contributed by atoms with van der Waals surface area (Å²) in [5.74, 6) is 0.957. The number of fused-ring (bicyclic) bond motifs is 1. The van der Waals surface area contributed by atoms with E-state index in [0.29, 0.717) is 17.4 Å². The Hall–Kier alpha value is -2.87. The molecule has 0 aromatic heterocycles. The molecule has 1 fully saturated rings. The van der Waals surface area contributed by atoms with Crippen LogP contribution in [0, 0.1) is 46.8 Å². The van der Waals surface area contributed by atoms with Gasteiger partial charge in [0.05, 0.1) is 5.56 Å². The van der Waals surface area contributed by atoms with E-state index in [1.807, 2.05) is 0 Å². The van der Waals surface area contributed by atoms with Crippen LogP contribution in [0.3, 0.4) is 0 Å². The number of hydrogen-bond donors (Lipinski definition) is 0. The number of rotatable bonds is 6. The van der Waals surface area contributed by atoms with Gasteiger partial charge in [-0.15, -0.1) is 0 Å². The van der Waals surface area contributed by atoms with E-state index in [4.69, 9.17) is 0 Å². The van der Waals surface area contributed by atoms with Gasteiger partial charge in [-0.25, -0.2) is 22.0 Å². The summed E-state index contributed by atoms with van der Waals surface area (Å²) in [5, 5.41) is 0.392. The van der Waals surface area contributed by atoms with Gasteiger partial charge in [-0.05, 0) is 79.2 Å². The molecular formula is C30H29F5. The molecule has 3 aromatic rings. The van der Waals surface area contributed by atoms with Crippen molar-refractivity contribution in [1.29, 1.82) is 0 Å². The normalized spacial score (nSPS) is 17.9. The quantitative estimate of drug-likeness (QED) is 0.142. The van der Waals surface area contributed by atoms with E-state index < -0.39 is 29.1 Å². The molecule has 1 aliphatic carbocycles. The maximum Gasteiger partial charge on any atom is 0.195 e. The molecule has 0 amide bonds. The lowest BCUT2D eigenvalue weighted by molar-refractivity contribution is 0.385. The summed E-state index contributed by atoms with van der Waals surface area (Å²) in [6.45, 7) is 2.12. The lowest BCUT2D eigenvalue weighted by Crippen LogP contribution is -2.12. The fraction of sp³-hybridized carbons (Fsp3) is 0.400. The van der Waals surface area contributed by atoms with Crippen LogP contribution < -0.4 is 0 Å². The number of halogens is 5. The molecule has 1 saturated carbocycles. The van der Waals surface area contributed by atoms with Gasteiger partial charge in [-0.1, -0.05) is 56.2 Å². The predicted molar refractivity (Wildman–Crippen MR) is 130 cm³/mol. The lowest BCUT2D eigenvalue weighted by atomic mass is 9.78. The minimum absolute atomic E-state index is 0.0308. The molecule has 5 heteroatoms. The van der Waals surface area contributed by atoms with Gasteiger partial charge in [0.15, 0.2) is 17.5 Å². The average Bonchev–Trinajstić information content (AvgIpc) is 2.85. The highest BCUT2D eigenvalue weighted by molar-refractivity contribution is 5.84. The second kappa shape index (κ2) is 11.2. The second-order valence-electron chi connectivity index (χ2n) is 9.53. The first-order valence-corrected chi connectivity index (χ1v) is 12.4. The summed E-state index contributed by atoms with van der Waals surface area (Å²) in [6, 6.07) is 8.78. The van der Waals surface area contributed by atoms with Gasteiger partial charge in [-0.2, -0.15) is 0 Å². The third-order valence-electron chi connectivity index (χ3n) is 7.02. The third-order valence-corrected chi connectivity index (χ3v) is 7.02. The molecule has 0 radical (unpaired) electrons. The van der Waals surface area contributed by atoms with Crippen molar-refractivity contribution in [2.75, 3.05) is 0 Å². The SMILES string of the molecule is CCCCCCc1cc(F)c(C#CC2CCC(c3ccc4c(F)c(F)c(F)cc4c3)CC2)c(F)c1. The summed E-state index contributed by atoms with van der Waals surface area (Å²) in [5.41, 5.74) is 1.44. The Morgan fingerprint density at radius 3 is 2.17 bits per heavy atom. The summed E-state index contributed by atoms with van der Waals surface area (Å²) in [7, 11) is 0. The number of unbranched alkanes of at least 4 members (excludes halogenated alkanes) is 3. The molecule has 1 aliphatic rings. The van der Waals surface area contributed by atoms with Gasteiger partial charge in [0.1, 0.15) is 11.6 Å². The fourth-order valence-corrected chi connectivity index (χ4v) is 4.97. The van der Waals surface area contributed by atoms with Crippen LogP contribution in [-0.4, -0.2) is 0 Å². The zero-order valence-electron chi connectivity index (χ0n) is 19.9. The van der Waals surface area contributed by atoms with Gasteiger partial charge in [0.25, 0.3) is 0 Å². The van der Waals surface area contributed by atoms with E-state index >= 15 is 0 Å². The number of aryl methyl sites for hydroxylation is 1. The first-order valence-electron chi connectivity index (χ1n) is 12.4. The molecule has 4 rings (SSSR count). The Morgan fingerprint density at radius 2 is 1.49 bits per heavy atom. The standard InChI is InChI=1S/C30H29F5/c1-2-3-4-5-6-20-15-26(31)25(27(32)16-20)13-9-19-7-10-21(11-8-19)22-12-14-24-23(17-22)18-28(33)30(35)29(24)34/h12,14-19,21H,2-8,10-11H2,1H3. The van der Waals surface area contributed by atoms with Crippen molar-refractivity contribution in [1.82, 2.24) is 0 Å². The Morgan fingerprint density at radius 1 is 0.771 bits per heavy atom. The zero-order valence-corrected chi connectivity index (χ0v) is 19.9. The van der Waals surface area contributed by atoms with Gasteiger partial charge < -0.3 is 0 Å². The molecule has 0 nitrogen and oxygen atoms in total. The molecule has 35 heavy (non-hydrogen) atoms. The fourth-order valence-electron chi connectivity index (χ4n) is 4.97. The summed E-state index contributed by atoms with van der Waals surface area (Å²) in [6.07, 6.45) is 8.00. The van der Waals surface area contributed by atoms with Crippen molar-refractivity contribution in [3.05, 3.63) is 82.2 Å². The van der Waals surface area contributed by atoms with E-state index in [-0.39, 0.29) is 22.8 Å². The smallest absolute Gasteiger partial charge is 0.195 e. The minimum atomic E-state index is -1.46. The first kappa shape index (κ1) is 25.2. The van der Waals surface area contributed by atoms with E-state index in [9.17, 15) is 22.0 Å². The molecule has 0 spiro atoms. The van der Waals surface area contributed by atoms with Crippen LogP contribution in [0.25, 0.3) is 10.8 Å². The molecule has 0 aliphatic heterocycles. The van der Waals surface area contributed by atoms with Crippen molar-refractivity contribution in [2.45, 2.75) is 70.6 Å². The largest absolute Gasteiger partial charge is 0.206 e.